The van der Waals surface area contributed by atoms with E-state index in [0.717, 1.165) is 55.1 Å². The molecule has 2 N–H and O–H groups in total. The van der Waals surface area contributed by atoms with Crippen LogP contribution in [0.4, 0.5) is 11.4 Å². The van der Waals surface area contributed by atoms with E-state index in [1.54, 1.807) is 0 Å². The number of carbonyl (C=O) groups excluding carboxylic acids is 1. The maximum absolute atomic E-state index is 13.2. The first kappa shape index (κ1) is 23.8. The molecule has 1 amide bonds. The molecule has 1 aliphatic heterocycles. The standard InChI is InChI=1S/C27H29N5OS/c28-20-22-8-6-21(7-9-22)14-15-29-26(23-4-2-1-3-5-23)27(33)30-24-10-12-25(13-11-24)31-16-18-32(34)19-17-31/h1-13,26,29,34H,14-19H2,(H,30,33). The van der Waals surface area contributed by atoms with Gasteiger partial charge in [-0.2, -0.15) is 5.26 Å². The van der Waals surface area contributed by atoms with E-state index >= 15 is 0 Å². The van der Waals surface area contributed by atoms with Crippen molar-refractivity contribution in [2.45, 2.75) is 12.5 Å². The molecule has 1 unspecified atom stereocenters. The van der Waals surface area contributed by atoms with Crippen LogP contribution in [0.5, 0.6) is 0 Å². The van der Waals surface area contributed by atoms with Crippen molar-refractivity contribution in [1.29, 1.82) is 5.26 Å². The number of nitrogens with zero attached hydrogens (tertiary/aromatic N) is 3. The van der Waals surface area contributed by atoms with E-state index < -0.39 is 6.04 Å². The number of nitrogens with one attached hydrogen (secondary N) is 2. The molecule has 1 aliphatic rings. The van der Waals surface area contributed by atoms with E-state index in [9.17, 15) is 4.79 Å². The Labute approximate surface area is 206 Å². The zero-order chi connectivity index (χ0) is 23.8. The Morgan fingerprint density at radius 1 is 0.941 bits per heavy atom. The second-order valence-electron chi connectivity index (χ2n) is 8.33. The summed E-state index contributed by atoms with van der Waals surface area (Å²) < 4.78 is 2.03. The second kappa shape index (κ2) is 11.7. The summed E-state index contributed by atoms with van der Waals surface area (Å²) >= 11 is 4.41. The number of rotatable bonds is 8. The molecule has 34 heavy (non-hydrogen) atoms. The summed E-state index contributed by atoms with van der Waals surface area (Å²) in [5.41, 5.74) is 4.61. The third-order valence-electron chi connectivity index (χ3n) is 6.00. The van der Waals surface area contributed by atoms with E-state index in [4.69, 9.17) is 5.26 Å². The molecular formula is C27H29N5OS. The fourth-order valence-electron chi connectivity index (χ4n) is 4.04. The van der Waals surface area contributed by atoms with Crippen molar-refractivity contribution in [1.82, 2.24) is 9.62 Å². The number of nitriles is 1. The zero-order valence-electron chi connectivity index (χ0n) is 19.0. The predicted molar refractivity (Wildman–Crippen MR) is 140 cm³/mol. The third kappa shape index (κ3) is 6.39. The highest BCUT2D eigenvalue weighted by Gasteiger charge is 2.20. The van der Waals surface area contributed by atoms with Gasteiger partial charge in [-0.3, -0.25) is 4.79 Å². The van der Waals surface area contributed by atoms with Crippen molar-refractivity contribution in [3.8, 4) is 6.07 Å². The van der Waals surface area contributed by atoms with E-state index in [0.29, 0.717) is 12.1 Å². The van der Waals surface area contributed by atoms with Crippen molar-refractivity contribution in [2.24, 2.45) is 0 Å². The average Bonchev–Trinajstić information content (AvgIpc) is 2.88. The molecule has 3 aromatic carbocycles. The van der Waals surface area contributed by atoms with Crippen LogP contribution in [0.15, 0.2) is 78.9 Å². The van der Waals surface area contributed by atoms with Gasteiger partial charge < -0.3 is 15.5 Å². The molecule has 0 bridgehead atoms. The summed E-state index contributed by atoms with van der Waals surface area (Å²) in [5, 5.41) is 15.4. The molecule has 0 aromatic heterocycles. The van der Waals surface area contributed by atoms with Crippen LogP contribution < -0.4 is 15.5 Å². The molecule has 1 saturated heterocycles. The summed E-state index contributed by atoms with van der Waals surface area (Å²) in [7, 11) is 0. The molecule has 0 saturated carbocycles. The van der Waals surface area contributed by atoms with Crippen molar-refractivity contribution in [2.75, 3.05) is 42.9 Å². The molecule has 6 nitrogen and oxygen atoms in total. The minimum atomic E-state index is -0.470. The topological polar surface area (TPSA) is 71.4 Å². The van der Waals surface area contributed by atoms with Crippen LogP contribution in [-0.2, 0) is 11.2 Å². The van der Waals surface area contributed by atoms with Crippen molar-refractivity contribution in [3.63, 3.8) is 0 Å². The Hall–Kier alpha value is -3.31. The Morgan fingerprint density at radius 3 is 2.26 bits per heavy atom. The van der Waals surface area contributed by atoms with Gasteiger partial charge >= 0.3 is 0 Å². The Kier molecular flexibility index (Phi) is 8.21. The lowest BCUT2D eigenvalue weighted by atomic mass is 10.0. The fraction of sp³-hybridized carbons (Fsp3) is 0.259. The van der Waals surface area contributed by atoms with Crippen LogP contribution >= 0.6 is 12.8 Å². The quantitative estimate of drug-likeness (QED) is 0.433. The SMILES string of the molecule is N#Cc1ccc(CCNC(C(=O)Nc2ccc(N3CCN(S)CC3)cc2)c2ccccc2)cc1. The smallest absolute Gasteiger partial charge is 0.246 e. The van der Waals surface area contributed by atoms with Crippen LogP contribution in [-0.4, -0.2) is 42.9 Å². The van der Waals surface area contributed by atoms with Gasteiger partial charge in [0.25, 0.3) is 0 Å². The van der Waals surface area contributed by atoms with Gasteiger partial charge in [-0.25, -0.2) is 4.31 Å². The fourth-order valence-corrected chi connectivity index (χ4v) is 4.22. The molecule has 174 valence electrons. The Balaban J connectivity index is 1.38. The molecule has 3 aromatic rings. The van der Waals surface area contributed by atoms with E-state index in [1.807, 2.05) is 71.0 Å². The monoisotopic (exact) mass is 471 g/mol. The molecule has 1 heterocycles. The van der Waals surface area contributed by atoms with E-state index in [2.05, 4.69) is 46.6 Å². The van der Waals surface area contributed by atoms with Gasteiger partial charge in [0.1, 0.15) is 6.04 Å². The highest BCUT2D eigenvalue weighted by atomic mass is 32.1. The van der Waals surface area contributed by atoms with Crippen LogP contribution in [0.1, 0.15) is 22.7 Å². The first-order chi connectivity index (χ1) is 16.6. The number of amides is 1. The Bertz CT molecular complexity index is 1100. The Morgan fingerprint density at radius 2 is 1.62 bits per heavy atom. The number of hydrogen-bond acceptors (Lipinski definition) is 6. The molecule has 0 aliphatic carbocycles. The summed E-state index contributed by atoms with van der Waals surface area (Å²) in [6.07, 6.45) is 0.760. The van der Waals surface area contributed by atoms with Crippen molar-refractivity contribution < 1.29 is 4.79 Å². The average molecular weight is 472 g/mol. The largest absolute Gasteiger partial charge is 0.369 e. The minimum Gasteiger partial charge on any atom is -0.369 e. The lowest BCUT2D eigenvalue weighted by Crippen LogP contribution is -2.42. The number of thiol groups is 1. The molecule has 1 fully saturated rings. The molecular weight excluding hydrogens is 442 g/mol. The van der Waals surface area contributed by atoms with E-state index in [-0.39, 0.29) is 5.91 Å². The maximum Gasteiger partial charge on any atom is 0.246 e. The van der Waals surface area contributed by atoms with Gasteiger partial charge in [0.05, 0.1) is 11.6 Å². The van der Waals surface area contributed by atoms with Crippen molar-refractivity contribution >= 4 is 30.1 Å². The molecule has 7 heteroatoms. The number of carbonyl (C=O) groups is 1. The minimum absolute atomic E-state index is 0.0949. The number of benzene rings is 3. The molecule has 1 atom stereocenters. The highest BCUT2D eigenvalue weighted by molar-refractivity contribution is 7.77. The van der Waals surface area contributed by atoms with E-state index in [1.165, 1.54) is 0 Å². The van der Waals surface area contributed by atoms with Crippen LogP contribution in [0, 0.1) is 11.3 Å². The number of piperazine rings is 1. The summed E-state index contributed by atoms with van der Waals surface area (Å²) in [6.45, 7) is 4.36. The van der Waals surface area contributed by atoms with Gasteiger partial charge in [-0.05, 0) is 53.9 Å². The van der Waals surface area contributed by atoms with Gasteiger partial charge in [0.2, 0.25) is 5.91 Å². The lowest BCUT2D eigenvalue weighted by molar-refractivity contribution is -0.118. The summed E-state index contributed by atoms with van der Waals surface area (Å²) in [5.74, 6) is -0.0949. The van der Waals surface area contributed by atoms with Crippen molar-refractivity contribution in [3.05, 3.63) is 95.6 Å². The van der Waals surface area contributed by atoms with Crippen LogP contribution in [0.3, 0.4) is 0 Å². The maximum atomic E-state index is 13.2. The zero-order valence-corrected chi connectivity index (χ0v) is 19.9. The lowest BCUT2D eigenvalue weighted by Gasteiger charge is -2.33. The second-order valence-corrected chi connectivity index (χ2v) is 8.90. The van der Waals surface area contributed by atoms with Gasteiger partial charge in [-0.1, -0.05) is 55.3 Å². The molecule has 0 spiro atoms. The summed E-state index contributed by atoms with van der Waals surface area (Å²) in [6, 6.07) is 27.0. The number of hydrogen-bond donors (Lipinski definition) is 3. The van der Waals surface area contributed by atoms with Gasteiger partial charge in [0.15, 0.2) is 0 Å². The highest BCUT2D eigenvalue weighted by Crippen LogP contribution is 2.21. The number of anilines is 2. The normalized spacial score (nSPS) is 14.9. The summed E-state index contributed by atoms with van der Waals surface area (Å²) in [4.78, 5) is 15.6. The van der Waals surface area contributed by atoms with Gasteiger partial charge in [-0.15, -0.1) is 0 Å². The molecule has 0 radical (unpaired) electrons. The van der Waals surface area contributed by atoms with Crippen LogP contribution in [0.2, 0.25) is 0 Å². The van der Waals surface area contributed by atoms with Gasteiger partial charge in [0, 0.05) is 44.1 Å². The van der Waals surface area contributed by atoms with Crippen LogP contribution in [0.25, 0.3) is 0 Å². The predicted octanol–water partition coefficient (Wildman–Crippen LogP) is 4.04. The molecule has 4 rings (SSSR count). The first-order valence-corrected chi connectivity index (χ1v) is 11.9. The first-order valence-electron chi connectivity index (χ1n) is 11.5. The third-order valence-corrected chi connectivity index (χ3v) is 6.40.